The topological polar surface area (TPSA) is 47.3 Å². The van der Waals surface area contributed by atoms with Gasteiger partial charge in [0.1, 0.15) is 17.0 Å². The Morgan fingerprint density at radius 2 is 2.36 bits per heavy atom. The Morgan fingerprint density at radius 3 is 3.14 bits per heavy atom. The first kappa shape index (κ1) is 15.0. The van der Waals surface area contributed by atoms with Crippen LogP contribution in [-0.4, -0.2) is 17.3 Å². The molecule has 22 heavy (non-hydrogen) atoms. The Kier molecular flexibility index (Phi) is 4.43. The summed E-state index contributed by atoms with van der Waals surface area (Å²) in [4.78, 5) is 0.707. The van der Waals surface area contributed by atoms with E-state index in [0.29, 0.717) is 4.99 Å². The van der Waals surface area contributed by atoms with Crippen LogP contribution in [0.25, 0.3) is 0 Å². The largest absolute Gasteiger partial charge is 0.496 e. The van der Waals surface area contributed by atoms with Gasteiger partial charge in [-0.25, -0.2) is 0 Å². The van der Waals surface area contributed by atoms with Crippen LogP contribution in [0.3, 0.4) is 0 Å². The molecule has 1 heterocycles. The zero-order valence-corrected chi connectivity index (χ0v) is 13.7. The van der Waals surface area contributed by atoms with Crippen molar-refractivity contribution in [2.75, 3.05) is 7.11 Å². The van der Waals surface area contributed by atoms with Crippen LogP contribution in [0, 0.1) is 0 Å². The summed E-state index contributed by atoms with van der Waals surface area (Å²) in [5, 5.41) is 7.48. The highest BCUT2D eigenvalue weighted by Crippen LogP contribution is 2.35. The first-order valence-corrected chi connectivity index (χ1v) is 8.05. The number of rotatable bonds is 4. The number of thiocarbonyl (C=S) groups is 1. The van der Waals surface area contributed by atoms with E-state index >= 15 is 0 Å². The van der Waals surface area contributed by atoms with Crippen molar-refractivity contribution < 1.29 is 9.26 Å². The van der Waals surface area contributed by atoms with E-state index < -0.39 is 0 Å². The molecule has 1 aliphatic carbocycles. The SMILES string of the molecule is CCc1nocc1C(=S)N[C@@H]1CCCc2c(OC)cccc21. The fourth-order valence-corrected chi connectivity index (χ4v) is 3.40. The lowest BCUT2D eigenvalue weighted by atomic mass is 9.87. The predicted octanol–water partition coefficient (Wildman–Crippen LogP) is 3.59. The minimum Gasteiger partial charge on any atom is -0.496 e. The molecule has 2 aromatic rings. The van der Waals surface area contributed by atoms with E-state index in [1.165, 1.54) is 11.1 Å². The van der Waals surface area contributed by atoms with E-state index in [2.05, 4.69) is 16.5 Å². The zero-order valence-electron chi connectivity index (χ0n) is 12.9. The van der Waals surface area contributed by atoms with Gasteiger partial charge in [0.2, 0.25) is 0 Å². The summed E-state index contributed by atoms with van der Waals surface area (Å²) in [6.45, 7) is 2.05. The predicted molar refractivity (Wildman–Crippen MR) is 89.4 cm³/mol. The number of hydrogen-bond donors (Lipinski definition) is 1. The minimum absolute atomic E-state index is 0.214. The molecule has 0 amide bonds. The van der Waals surface area contributed by atoms with Gasteiger partial charge in [-0.15, -0.1) is 0 Å². The molecule has 1 aromatic carbocycles. The van der Waals surface area contributed by atoms with Crippen molar-refractivity contribution in [1.82, 2.24) is 10.5 Å². The molecule has 1 atom stereocenters. The third-order valence-electron chi connectivity index (χ3n) is 4.21. The lowest BCUT2D eigenvalue weighted by Crippen LogP contribution is -2.30. The number of nitrogens with zero attached hydrogens (tertiary/aromatic N) is 1. The van der Waals surface area contributed by atoms with Crippen molar-refractivity contribution in [1.29, 1.82) is 0 Å². The monoisotopic (exact) mass is 316 g/mol. The molecule has 3 rings (SSSR count). The Balaban J connectivity index is 1.85. The molecule has 5 heteroatoms. The van der Waals surface area contributed by atoms with Crippen molar-refractivity contribution in [2.45, 2.75) is 38.6 Å². The number of ether oxygens (including phenoxy) is 1. The number of aromatic nitrogens is 1. The molecule has 0 saturated carbocycles. The second-order valence-electron chi connectivity index (χ2n) is 5.47. The van der Waals surface area contributed by atoms with Crippen LogP contribution in [0.2, 0.25) is 0 Å². The molecule has 116 valence electrons. The van der Waals surface area contributed by atoms with Crippen molar-refractivity contribution >= 4 is 17.2 Å². The number of aryl methyl sites for hydroxylation is 1. The first-order chi connectivity index (χ1) is 10.7. The Hall–Kier alpha value is -1.88. The number of hydrogen-bond acceptors (Lipinski definition) is 4. The van der Waals surface area contributed by atoms with Gasteiger partial charge in [-0.05, 0) is 42.9 Å². The molecular formula is C17H20N2O2S. The summed E-state index contributed by atoms with van der Waals surface area (Å²) in [5.41, 5.74) is 4.37. The van der Waals surface area contributed by atoms with Crippen LogP contribution in [-0.2, 0) is 12.8 Å². The fourth-order valence-electron chi connectivity index (χ4n) is 3.09. The van der Waals surface area contributed by atoms with Crippen LogP contribution in [0.5, 0.6) is 5.75 Å². The van der Waals surface area contributed by atoms with Gasteiger partial charge in [0.05, 0.1) is 24.4 Å². The molecule has 1 aromatic heterocycles. The van der Waals surface area contributed by atoms with Gasteiger partial charge in [-0.3, -0.25) is 0 Å². The van der Waals surface area contributed by atoms with Crippen LogP contribution in [0.15, 0.2) is 29.0 Å². The Labute approximate surface area is 135 Å². The molecule has 0 aliphatic heterocycles. The summed E-state index contributed by atoms with van der Waals surface area (Å²) in [6.07, 6.45) is 5.68. The van der Waals surface area contributed by atoms with Crippen molar-refractivity contribution in [3.05, 3.63) is 46.8 Å². The van der Waals surface area contributed by atoms with E-state index in [1.54, 1.807) is 13.4 Å². The Bertz CT molecular complexity index is 681. The van der Waals surface area contributed by atoms with Crippen LogP contribution in [0.1, 0.15) is 48.2 Å². The van der Waals surface area contributed by atoms with Gasteiger partial charge in [0.25, 0.3) is 0 Å². The highest BCUT2D eigenvalue weighted by molar-refractivity contribution is 7.80. The van der Waals surface area contributed by atoms with E-state index in [1.807, 2.05) is 19.1 Å². The molecule has 1 aliphatic rings. The van der Waals surface area contributed by atoms with Gasteiger partial charge in [0.15, 0.2) is 0 Å². The average Bonchev–Trinajstić information content (AvgIpc) is 3.03. The normalized spacial score (nSPS) is 16.9. The number of benzene rings is 1. The zero-order chi connectivity index (χ0) is 15.5. The van der Waals surface area contributed by atoms with Crippen molar-refractivity contribution in [3.63, 3.8) is 0 Å². The lowest BCUT2D eigenvalue weighted by Gasteiger charge is -2.28. The van der Waals surface area contributed by atoms with E-state index in [4.69, 9.17) is 21.5 Å². The molecule has 0 bridgehead atoms. The van der Waals surface area contributed by atoms with E-state index in [9.17, 15) is 0 Å². The number of methoxy groups -OCH3 is 1. The average molecular weight is 316 g/mol. The third-order valence-corrected chi connectivity index (χ3v) is 4.55. The van der Waals surface area contributed by atoms with Gasteiger partial charge < -0.3 is 14.6 Å². The van der Waals surface area contributed by atoms with E-state index in [-0.39, 0.29) is 6.04 Å². The molecular weight excluding hydrogens is 296 g/mol. The van der Waals surface area contributed by atoms with Crippen LogP contribution >= 0.6 is 12.2 Å². The summed E-state index contributed by atoms with van der Waals surface area (Å²) < 4.78 is 10.5. The number of fused-ring (bicyclic) bond motifs is 1. The smallest absolute Gasteiger partial charge is 0.134 e. The molecule has 1 N–H and O–H groups in total. The van der Waals surface area contributed by atoms with Gasteiger partial charge in [-0.1, -0.05) is 36.4 Å². The fraction of sp³-hybridized carbons (Fsp3) is 0.412. The van der Waals surface area contributed by atoms with Crippen molar-refractivity contribution in [3.8, 4) is 5.75 Å². The summed E-state index contributed by atoms with van der Waals surface area (Å²) in [6, 6.07) is 6.43. The van der Waals surface area contributed by atoms with Gasteiger partial charge in [-0.2, -0.15) is 0 Å². The third kappa shape index (κ3) is 2.73. The summed E-state index contributed by atoms with van der Waals surface area (Å²) >= 11 is 5.56. The quantitative estimate of drug-likeness (QED) is 0.874. The number of nitrogens with one attached hydrogen (secondary N) is 1. The summed E-state index contributed by atoms with van der Waals surface area (Å²) in [7, 11) is 1.72. The lowest BCUT2D eigenvalue weighted by molar-refractivity contribution is 0.401. The maximum absolute atomic E-state index is 5.56. The van der Waals surface area contributed by atoms with E-state index in [0.717, 1.165) is 42.7 Å². The molecule has 4 nitrogen and oxygen atoms in total. The van der Waals surface area contributed by atoms with Crippen LogP contribution in [0.4, 0.5) is 0 Å². The van der Waals surface area contributed by atoms with Gasteiger partial charge >= 0.3 is 0 Å². The summed E-state index contributed by atoms with van der Waals surface area (Å²) in [5.74, 6) is 0.967. The standard InChI is InChI=1S/C17H20N2O2S/c1-3-14-13(10-21-19-14)17(22)18-15-8-4-7-12-11(15)6-5-9-16(12)20-2/h5-6,9-10,15H,3-4,7-8H2,1-2H3,(H,18,22)/t15-/m1/s1. The Morgan fingerprint density at radius 1 is 1.50 bits per heavy atom. The molecule has 0 spiro atoms. The molecule has 0 radical (unpaired) electrons. The maximum Gasteiger partial charge on any atom is 0.134 e. The second-order valence-corrected chi connectivity index (χ2v) is 5.88. The minimum atomic E-state index is 0.214. The second kappa shape index (κ2) is 6.48. The highest BCUT2D eigenvalue weighted by Gasteiger charge is 2.24. The molecule has 0 unspecified atom stereocenters. The highest BCUT2D eigenvalue weighted by atomic mass is 32.1. The van der Waals surface area contributed by atoms with Gasteiger partial charge in [0, 0.05) is 0 Å². The maximum atomic E-state index is 5.56. The first-order valence-electron chi connectivity index (χ1n) is 7.64. The molecule has 0 saturated heterocycles. The van der Waals surface area contributed by atoms with Crippen LogP contribution < -0.4 is 10.1 Å². The van der Waals surface area contributed by atoms with Crippen molar-refractivity contribution in [2.24, 2.45) is 0 Å². The molecule has 0 fully saturated rings.